The maximum Gasteiger partial charge on any atom is 0.326 e. The van der Waals surface area contributed by atoms with Gasteiger partial charge in [-0.3, -0.25) is 9.78 Å². The lowest BCUT2D eigenvalue weighted by Crippen LogP contribution is -2.42. The minimum atomic E-state index is -3.67. The van der Waals surface area contributed by atoms with Gasteiger partial charge >= 0.3 is 5.69 Å². The minimum Gasteiger partial charge on any atom is -0.319 e. The van der Waals surface area contributed by atoms with Crippen molar-refractivity contribution >= 4 is 33.3 Å². The Bertz CT molecular complexity index is 967. The Morgan fingerprint density at radius 3 is 2.76 bits per heavy atom. The molecule has 1 aliphatic rings. The van der Waals surface area contributed by atoms with E-state index in [4.69, 9.17) is 0 Å². The van der Waals surface area contributed by atoms with Gasteiger partial charge < -0.3 is 10.3 Å². The number of piperidine rings is 1. The van der Waals surface area contributed by atoms with Crippen LogP contribution in [-0.4, -0.2) is 49.4 Å². The maximum atomic E-state index is 12.9. The van der Waals surface area contributed by atoms with Crippen LogP contribution in [0.4, 0.5) is 0 Å². The third-order valence-electron chi connectivity index (χ3n) is 4.32. The summed E-state index contributed by atoms with van der Waals surface area (Å²) in [6.45, 7) is 1.70. The topological polar surface area (TPSA) is 115 Å². The highest BCUT2D eigenvalue weighted by atomic mass is 35.5. The fraction of sp³-hybridized carbons (Fsp3) is 0.467. The molecule has 0 radical (unpaired) electrons. The molecule has 2 aromatic rings. The van der Waals surface area contributed by atoms with E-state index in [9.17, 15) is 18.0 Å². The molecule has 0 aliphatic carbocycles. The van der Waals surface area contributed by atoms with E-state index in [1.54, 1.807) is 0 Å². The van der Waals surface area contributed by atoms with Crippen molar-refractivity contribution < 1.29 is 8.42 Å². The number of nitrogens with zero attached hydrogens (tertiary/aromatic N) is 1. The Labute approximate surface area is 151 Å². The van der Waals surface area contributed by atoms with Gasteiger partial charge in [-0.05, 0) is 50.6 Å². The molecular weight excluding hydrogens is 368 g/mol. The van der Waals surface area contributed by atoms with Crippen molar-refractivity contribution in [3.8, 4) is 0 Å². The number of hydrogen-bond donors (Lipinski definition) is 3. The molecule has 138 valence electrons. The summed E-state index contributed by atoms with van der Waals surface area (Å²) in [4.78, 5) is 27.9. The van der Waals surface area contributed by atoms with E-state index in [0.29, 0.717) is 18.6 Å². The van der Waals surface area contributed by atoms with E-state index >= 15 is 0 Å². The summed E-state index contributed by atoms with van der Waals surface area (Å²) >= 11 is 0. The summed E-state index contributed by atoms with van der Waals surface area (Å²) < 4.78 is 27.2. The molecule has 2 heterocycles. The minimum absolute atomic E-state index is 0. The molecule has 10 heteroatoms. The first-order valence-electron chi connectivity index (χ1n) is 7.83. The molecule has 1 atom stereocenters. The Balaban J connectivity index is 0.00000225. The van der Waals surface area contributed by atoms with Crippen LogP contribution in [0.5, 0.6) is 0 Å². The fourth-order valence-corrected chi connectivity index (χ4v) is 4.74. The van der Waals surface area contributed by atoms with Crippen molar-refractivity contribution in [2.45, 2.75) is 17.7 Å². The van der Waals surface area contributed by atoms with Crippen LogP contribution in [-0.2, 0) is 10.0 Å². The summed E-state index contributed by atoms with van der Waals surface area (Å²) in [6, 6.07) is 4.20. The summed E-state index contributed by atoms with van der Waals surface area (Å²) in [6.07, 6.45) is 1.80. The number of nitrogens with one attached hydrogen (secondary N) is 3. The average Bonchev–Trinajstić information content (AvgIpc) is 2.55. The number of rotatable bonds is 4. The normalized spacial score (nSPS) is 18.8. The molecule has 0 saturated carbocycles. The third kappa shape index (κ3) is 3.95. The molecule has 0 bridgehead atoms. The zero-order valence-electron chi connectivity index (χ0n) is 13.7. The Morgan fingerprint density at radius 1 is 1.28 bits per heavy atom. The molecule has 3 N–H and O–H groups in total. The highest BCUT2D eigenvalue weighted by molar-refractivity contribution is 7.89. The van der Waals surface area contributed by atoms with Gasteiger partial charge in [-0.25, -0.2) is 13.2 Å². The second kappa shape index (κ2) is 7.69. The predicted molar refractivity (Wildman–Crippen MR) is 97.8 cm³/mol. The lowest BCUT2D eigenvalue weighted by Gasteiger charge is -2.31. The van der Waals surface area contributed by atoms with Crippen LogP contribution in [0, 0.1) is 5.92 Å². The Kier molecular flexibility index (Phi) is 6.04. The van der Waals surface area contributed by atoms with E-state index in [0.717, 1.165) is 19.4 Å². The number of sulfonamides is 1. The van der Waals surface area contributed by atoms with Crippen molar-refractivity contribution in [2.24, 2.45) is 5.92 Å². The molecule has 0 spiro atoms. The molecule has 3 rings (SSSR count). The van der Waals surface area contributed by atoms with E-state index in [2.05, 4.69) is 15.3 Å². The summed E-state index contributed by atoms with van der Waals surface area (Å²) in [7, 11) is -1.82. The second-order valence-corrected chi connectivity index (χ2v) is 7.98. The largest absolute Gasteiger partial charge is 0.326 e. The number of halogens is 1. The van der Waals surface area contributed by atoms with Crippen molar-refractivity contribution in [3.05, 3.63) is 39.0 Å². The van der Waals surface area contributed by atoms with Crippen molar-refractivity contribution in [3.63, 3.8) is 0 Å². The van der Waals surface area contributed by atoms with Crippen molar-refractivity contribution in [1.29, 1.82) is 0 Å². The van der Waals surface area contributed by atoms with Gasteiger partial charge in [0.1, 0.15) is 0 Å². The monoisotopic (exact) mass is 388 g/mol. The fourth-order valence-electron chi connectivity index (χ4n) is 3.15. The first kappa shape index (κ1) is 19.6. The van der Waals surface area contributed by atoms with Crippen LogP contribution in [0.25, 0.3) is 10.9 Å². The molecule has 1 aliphatic heterocycles. The zero-order valence-corrected chi connectivity index (χ0v) is 15.4. The lowest BCUT2D eigenvalue weighted by molar-refractivity contribution is 0.263. The van der Waals surface area contributed by atoms with E-state index < -0.39 is 21.3 Å². The zero-order chi connectivity index (χ0) is 17.3. The first-order chi connectivity index (χ1) is 11.4. The molecule has 1 aromatic carbocycles. The van der Waals surface area contributed by atoms with Crippen LogP contribution < -0.4 is 16.6 Å². The Hall–Kier alpha value is -1.68. The molecule has 1 unspecified atom stereocenters. The van der Waals surface area contributed by atoms with Crippen molar-refractivity contribution in [1.82, 2.24) is 19.6 Å². The van der Waals surface area contributed by atoms with Gasteiger partial charge in [0.25, 0.3) is 5.56 Å². The van der Waals surface area contributed by atoms with Gasteiger partial charge in [-0.15, -0.1) is 12.4 Å². The SMILES string of the molecule is CNCC1CCCN(S(=O)(=O)c2ccc3[nH]c(=O)[nH]c(=O)c3c2)C1.Cl. The predicted octanol–water partition coefficient (Wildman–Crippen LogP) is 0.258. The van der Waals surface area contributed by atoms with Crippen molar-refractivity contribution in [2.75, 3.05) is 26.7 Å². The molecule has 0 amide bonds. The van der Waals surface area contributed by atoms with Gasteiger partial charge in [0.2, 0.25) is 10.0 Å². The van der Waals surface area contributed by atoms with Gasteiger partial charge in [-0.1, -0.05) is 0 Å². The van der Waals surface area contributed by atoms with Gasteiger partial charge in [0.05, 0.1) is 15.8 Å². The maximum absolute atomic E-state index is 12.9. The van der Waals surface area contributed by atoms with Gasteiger partial charge in [0, 0.05) is 13.1 Å². The highest BCUT2D eigenvalue weighted by Gasteiger charge is 2.30. The smallest absolute Gasteiger partial charge is 0.319 e. The average molecular weight is 389 g/mol. The standard InChI is InChI=1S/C15H20N4O4S.ClH/c1-16-8-10-3-2-6-19(9-10)24(22,23)11-4-5-13-12(7-11)14(20)18-15(21)17-13;/h4-5,7,10,16H,2-3,6,8-9H2,1H3,(H2,17,18,20,21);1H. The molecule has 8 nitrogen and oxygen atoms in total. The third-order valence-corrected chi connectivity index (χ3v) is 6.18. The summed E-state index contributed by atoms with van der Waals surface area (Å²) in [5.74, 6) is 0.277. The number of aromatic amines is 2. The number of benzene rings is 1. The van der Waals surface area contributed by atoms with E-state index in [1.165, 1.54) is 22.5 Å². The van der Waals surface area contributed by atoms with Crippen LogP contribution >= 0.6 is 12.4 Å². The quantitative estimate of drug-likeness (QED) is 0.694. The lowest BCUT2D eigenvalue weighted by atomic mass is 10.00. The second-order valence-electron chi connectivity index (χ2n) is 6.04. The van der Waals surface area contributed by atoms with Gasteiger partial charge in [-0.2, -0.15) is 4.31 Å². The first-order valence-corrected chi connectivity index (χ1v) is 9.27. The van der Waals surface area contributed by atoms with Crippen LogP contribution in [0.1, 0.15) is 12.8 Å². The van der Waals surface area contributed by atoms with Crippen LogP contribution in [0.3, 0.4) is 0 Å². The number of hydrogen-bond acceptors (Lipinski definition) is 5. The molecule has 1 aromatic heterocycles. The van der Waals surface area contributed by atoms with Crippen LogP contribution in [0.15, 0.2) is 32.7 Å². The molecular formula is C15H21ClN4O4S. The molecule has 25 heavy (non-hydrogen) atoms. The molecule has 1 saturated heterocycles. The number of fused-ring (bicyclic) bond motifs is 1. The van der Waals surface area contributed by atoms with Gasteiger partial charge in [0.15, 0.2) is 0 Å². The highest BCUT2D eigenvalue weighted by Crippen LogP contribution is 2.24. The molecule has 1 fully saturated rings. The van der Waals surface area contributed by atoms with Crippen LogP contribution in [0.2, 0.25) is 0 Å². The van der Waals surface area contributed by atoms with E-state index in [-0.39, 0.29) is 28.6 Å². The summed E-state index contributed by atoms with van der Waals surface area (Å²) in [5, 5.41) is 3.24. The Morgan fingerprint density at radius 2 is 2.04 bits per heavy atom. The summed E-state index contributed by atoms with van der Waals surface area (Å²) in [5.41, 5.74) is -0.902. The number of H-pyrrole nitrogens is 2. The van der Waals surface area contributed by atoms with E-state index in [1.807, 2.05) is 7.05 Å². The number of aromatic nitrogens is 2.